The van der Waals surface area contributed by atoms with Crippen LogP contribution in [0.3, 0.4) is 0 Å². The maximum absolute atomic E-state index is 12.2. The molecule has 2 unspecified atom stereocenters. The molecule has 0 fully saturated rings. The van der Waals surface area contributed by atoms with Crippen LogP contribution in [0, 0.1) is 5.92 Å². The summed E-state index contributed by atoms with van der Waals surface area (Å²) in [7, 11) is 0. The van der Waals surface area contributed by atoms with Crippen LogP contribution in [-0.4, -0.2) is 21.4 Å². The summed E-state index contributed by atoms with van der Waals surface area (Å²) in [6.07, 6.45) is 0. The summed E-state index contributed by atoms with van der Waals surface area (Å²) in [4.78, 5) is 16.6. The molecule has 0 saturated heterocycles. The lowest BCUT2D eigenvalue weighted by molar-refractivity contribution is -0.115. The van der Waals surface area contributed by atoms with Gasteiger partial charge in [-0.2, -0.15) is 0 Å². The molecule has 1 amide bonds. The number of nitrogen functional groups attached to an aromatic ring is 1. The van der Waals surface area contributed by atoms with Gasteiger partial charge in [-0.25, -0.2) is 4.98 Å². The number of hydrogen-bond acceptors (Lipinski definition) is 5. The normalized spacial score (nSPS) is 14.3. The Morgan fingerprint density at radius 1 is 1.33 bits per heavy atom. The minimum absolute atomic E-state index is 0.000437. The molecule has 114 valence electrons. The number of hydrogen-bond donors (Lipinski definition) is 2. The highest BCUT2D eigenvalue weighted by atomic mass is 32.2. The van der Waals surface area contributed by atoms with Crippen LogP contribution in [0.1, 0.15) is 27.7 Å². The van der Waals surface area contributed by atoms with Crippen LogP contribution in [0.2, 0.25) is 0 Å². The number of amides is 1. The van der Waals surface area contributed by atoms with Crippen molar-refractivity contribution >= 4 is 50.0 Å². The van der Waals surface area contributed by atoms with Crippen molar-refractivity contribution in [1.29, 1.82) is 0 Å². The van der Waals surface area contributed by atoms with Gasteiger partial charge in [0.15, 0.2) is 5.13 Å². The summed E-state index contributed by atoms with van der Waals surface area (Å²) in [5.74, 6) is 0.551. The van der Waals surface area contributed by atoms with Gasteiger partial charge in [-0.1, -0.05) is 32.1 Å². The maximum Gasteiger partial charge on any atom is 0.238 e. The molecule has 2 aromatic rings. The molecule has 6 heteroatoms. The van der Waals surface area contributed by atoms with E-state index < -0.39 is 0 Å². The van der Waals surface area contributed by atoms with E-state index in [1.807, 2.05) is 25.1 Å². The number of carbonyl (C=O) groups excluding carboxylic acids is 1. The van der Waals surface area contributed by atoms with Crippen molar-refractivity contribution in [2.24, 2.45) is 5.92 Å². The lowest BCUT2D eigenvalue weighted by Gasteiger charge is -2.19. The van der Waals surface area contributed by atoms with E-state index in [4.69, 9.17) is 5.73 Å². The topological polar surface area (TPSA) is 68.0 Å². The monoisotopic (exact) mass is 323 g/mol. The van der Waals surface area contributed by atoms with Crippen molar-refractivity contribution in [2.45, 2.75) is 38.2 Å². The van der Waals surface area contributed by atoms with Crippen LogP contribution < -0.4 is 11.1 Å². The van der Waals surface area contributed by atoms with Gasteiger partial charge in [-0.15, -0.1) is 11.8 Å². The fraction of sp³-hybridized carbons (Fsp3) is 0.467. The van der Waals surface area contributed by atoms with E-state index in [1.54, 1.807) is 11.8 Å². The van der Waals surface area contributed by atoms with Crippen molar-refractivity contribution in [3.63, 3.8) is 0 Å². The minimum atomic E-state index is -0.0977. The first-order valence-electron chi connectivity index (χ1n) is 6.99. The average molecular weight is 323 g/mol. The number of nitrogens with two attached hydrogens (primary N) is 1. The summed E-state index contributed by atoms with van der Waals surface area (Å²) in [6.45, 7) is 8.42. The zero-order valence-electron chi connectivity index (χ0n) is 12.7. The quantitative estimate of drug-likeness (QED) is 0.817. The fourth-order valence-electron chi connectivity index (χ4n) is 1.74. The Labute approximate surface area is 133 Å². The second-order valence-electron chi connectivity index (χ2n) is 5.46. The number of thioether (sulfide) groups is 1. The van der Waals surface area contributed by atoms with Crippen molar-refractivity contribution in [2.75, 3.05) is 11.1 Å². The summed E-state index contributed by atoms with van der Waals surface area (Å²) in [5, 5.41) is 3.88. The summed E-state index contributed by atoms with van der Waals surface area (Å²) in [6, 6.07) is 5.56. The van der Waals surface area contributed by atoms with E-state index in [0.29, 0.717) is 22.0 Å². The smallest absolute Gasteiger partial charge is 0.238 e. The van der Waals surface area contributed by atoms with Crippen molar-refractivity contribution < 1.29 is 4.79 Å². The molecule has 4 nitrogen and oxygen atoms in total. The van der Waals surface area contributed by atoms with Gasteiger partial charge < -0.3 is 11.1 Å². The van der Waals surface area contributed by atoms with Gasteiger partial charge in [-0.05, 0) is 31.0 Å². The highest BCUT2D eigenvalue weighted by molar-refractivity contribution is 8.01. The molecule has 0 radical (unpaired) electrons. The Morgan fingerprint density at radius 2 is 2.05 bits per heavy atom. The highest BCUT2D eigenvalue weighted by Crippen LogP contribution is 2.29. The predicted octanol–water partition coefficient (Wildman–Crippen LogP) is 3.98. The molecule has 1 aromatic carbocycles. The van der Waals surface area contributed by atoms with E-state index in [0.717, 1.165) is 10.2 Å². The van der Waals surface area contributed by atoms with Crippen molar-refractivity contribution in [1.82, 2.24) is 4.98 Å². The summed E-state index contributed by atoms with van der Waals surface area (Å²) in [5.41, 5.74) is 7.32. The van der Waals surface area contributed by atoms with Crippen molar-refractivity contribution in [3.8, 4) is 0 Å². The number of aromatic nitrogens is 1. The Kier molecular flexibility index (Phi) is 5.11. The summed E-state index contributed by atoms with van der Waals surface area (Å²) >= 11 is 3.14. The van der Waals surface area contributed by atoms with E-state index >= 15 is 0 Å². The van der Waals surface area contributed by atoms with Crippen LogP contribution in [-0.2, 0) is 4.79 Å². The molecule has 0 spiro atoms. The molecule has 3 N–H and O–H groups in total. The predicted molar refractivity (Wildman–Crippen MR) is 94.0 cm³/mol. The molecule has 0 bridgehead atoms. The molecule has 2 atom stereocenters. The molecule has 2 rings (SSSR count). The fourth-order valence-corrected chi connectivity index (χ4v) is 3.80. The van der Waals surface area contributed by atoms with Crippen LogP contribution in [0.5, 0.6) is 0 Å². The third-order valence-corrected chi connectivity index (χ3v) is 5.90. The maximum atomic E-state index is 12.2. The standard InChI is InChI=1S/C15H21N3OS2/c1-8(2)9(3)20-10(4)14(19)18-15-17-12-6-5-11(16)7-13(12)21-15/h5-10H,16H2,1-4H3,(H,17,18,19). The SMILES string of the molecule is CC(SC(C)C(C)C)C(=O)Nc1nc2ccc(N)cc2s1. The number of anilines is 2. The van der Waals surface area contributed by atoms with Crippen LogP contribution in [0.4, 0.5) is 10.8 Å². The van der Waals surface area contributed by atoms with Gasteiger partial charge in [0.2, 0.25) is 5.91 Å². The van der Waals surface area contributed by atoms with E-state index in [9.17, 15) is 4.79 Å². The molecule has 0 aliphatic heterocycles. The number of thiazole rings is 1. The first kappa shape index (κ1) is 16.1. The first-order valence-corrected chi connectivity index (χ1v) is 8.75. The Morgan fingerprint density at radius 3 is 2.71 bits per heavy atom. The second-order valence-corrected chi connectivity index (χ2v) is 8.22. The largest absolute Gasteiger partial charge is 0.399 e. The Bertz CT molecular complexity index is 639. The van der Waals surface area contributed by atoms with Gasteiger partial charge in [0.25, 0.3) is 0 Å². The van der Waals surface area contributed by atoms with Crippen LogP contribution in [0.25, 0.3) is 10.2 Å². The number of rotatable bonds is 5. The molecule has 0 saturated carbocycles. The zero-order valence-corrected chi connectivity index (χ0v) is 14.3. The third kappa shape index (κ3) is 4.11. The average Bonchev–Trinajstić information content (AvgIpc) is 2.79. The summed E-state index contributed by atoms with van der Waals surface area (Å²) < 4.78 is 0.987. The first-order chi connectivity index (χ1) is 9.86. The molecular weight excluding hydrogens is 302 g/mol. The lowest BCUT2D eigenvalue weighted by Crippen LogP contribution is -2.25. The molecular formula is C15H21N3OS2. The zero-order chi connectivity index (χ0) is 15.6. The second kappa shape index (κ2) is 6.66. The van der Waals surface area contributed by atoms with Gasteiger partial charge >= 0.3 is 0 Å². The minimum Gasteiger partial charge on any atom is -0.399 e. The number of fused-ring (bicyclic) bond motifs is 1. The number of nitrogens with one attached hydrogen (secondary N) is 1. The van der Waals surface area contributed by atoms with Crippen molar-refractivity contribution in [3.05, 3.63) is 18.2 Å². The lowest BCUT2D eigenvalue weighted by atomic mass is 10.2. The number of benzene rings is 1. The highest BCUT2D eigenvalue weighted by Gasteiger charge is 2.19. The van der Waals surface area contributed by atoms with Gasteiger partial charge in [0.05, 0.1) is 15.5 Å². The van der Waals surface area contributed by atoms with Gasteiger partial charge in [0, 0.05) is 10.9 Å². The van der Waals surface area contributed by atoms with E-state index in [2.05, 4.69) is 31.1 Å². The van der Waals surface area contributed by atoms with Crippen LogP contribution in [0.15, 0.2) is 18.2 Å². The molecule has 1 aromatic heterocycles. The molecule has 0 aliphatic rings. The molecule has 0 aliphatic carbocycles. The van der Waals surface area contributed by atoms with E-state index in [-0.39, 0.29) is 11.2 Å². The Balaban J connectivity index is 2.03. The van der Waals surface area contributed by atoms with Gasteiger partial charge in [-0.3, -0.25) is 4.79 Å². The Hall–Kier alpha value is -1.27. The number of carbonyl (C=O) groups is 1. The van der Waals surface area contributed by atoms with E-state index in [1.165, 1.54) is 11.3 Å². The molecule has 1 heterocycles. The molecule has 21 heavy (non-hydrogen) atoms. The van der Waals surface area contributed by atoms with Gasteiger partial charge in [0.1, 0.15) is 0 Å². The number of nitrogens with zero attached hydrogens (tertiary/aromatic N) is 1. The van der Waals surface area contributed by atoms with Crippen LogP contribution >= 0.6 is 23.1 Å². The third-order valence-electron chi connectivity index (χ3n) is 3.37.